The second-order valence-electron chi connectivity index (χ2n) is 4.53. The van der Waals surface area contributed by atoms with Crippen LogP contribution < -0.4 is 5.32 Å². The number of nitrogens with zero attached hydrogens (tertiary/aromatic N) is 1. The lowest BCUT2D eigenvalue weighted by Crippen LogP contribution is -2.11. The molecule has 19 heavy (non-hydrogen) atoms. The van der Waals surface area contributed by atoms with E-state index in [0.717, 1.165) is 32.0 Å². The fourth-order valence-electron chi connectivity index (χ4n) is 1.95. The van der Waals surface area contributed by atoms with Crippen LogP contribution in [-0.2, 0) is 0 Å². The van der Waals surface area contributed by atoms with E-state index in [2.05, 4.69) is 26.2 Å². The van der Waals surface area contributed by atoms with Gasteiger partial charge in [-0.3, -0.25) is 4.79 Å². The summed E-state index contributed by atoms with van der Waals surface area (Å²) in [5.74, 6) is -0.0933. The molecule has 0 aliphatic rings. The molecule has 0 saturated heterocycles. The van der Waals surface area contributed by atoms with E-state index in [9.17, 15) is 4.79 Å². The highest BCUT2D eigenvalue weighted by atomic mass is 79.9. The first kappa shape index (κ1) is 14.2. The number of aryl methyl sites for hydroxylation is 4. The Morgan fingerprint density at radius 3 is 2.26 bits per heavy atom. The normalized spacial score (nSPS) is 10.6. The van der Waals surface area contributed by atoms with Gasteiger partial charge in [-0.05, 0) is 51.0 Å². The van der Waals surface area contributed by atoms with E-state index in [1.807, 2.05) is 39.8 Å². The first-order valence-electron chi connectivity index (χ1n) is 5.90. The summed E-state index contributed by atoms with van der Waals surface area (Å²) >= 11 is 4.94. The van der Waals surface area contributed by atoms with E-state index < -0.39 is 0 Å². The van der Waals surface area contributed by atoms with E-state index in [1.54, 1.807) is 0 Å². The Morgan fingerprint density at radius 1 is 1.21 bits per heavy atom. The fourth-order valence-corrected chi connectivity index (χ4v) is 2.99. The Hall–Kier alpha value is -1.20. The molecule has 3 nitrogen and oxygen atoms in total. The Bertz CT molecular complexity index is 626. The molecule has 0 aliphatic carbocycles. The van der Waals surface area contributed by atoms with Crippen LogP contribution in [0.2, 0.25) is 0 Å². The number of rotatable bonds is 2. The molecular formula is C14H15BrN2OS. The van der Waals surface area contributed by atoms with E-state index >= 15 is 0 Å². The first-order valence-corrected chi connectivity index (χ1v) is 7.51. The number of carbonyl (C=O) groups is 1. The van der Waals surface area contributed by atoms with Crippen molar-refractivity contribution in [2.75, 3.05) is 5.32 Å². The summed E-state index contributed by atoms with van der Waals surface area (Å²) in [6, 6.07) is 3.91. The summed E-state index contributed by atoms with van der Waals surface area (Å²) in [5.41, 5.74) is 3.80. The van der Waals surface area contributed by atoms with Gasteiger partial charge in [0.15, 0.2) is 0 Å². The summed E-state index contributed by atoms with van der Waals surface area (Å²) < 4.78 is 1.08. The lowest BCUT2D eigenvalue weighted by atomic mass is 10.1. The van der Waals surface area contributed by atoms with Gasteiger partial charge in [0.05, 0.1) is 10.7 Å². The first-order chi connectivity index (χ1) is 8.88. The highest BCUT2D eigenvalue weighted by molar-refractivity contribution is 9.10. The Labute approximate surface area is 125 Å². The molecular weight excluding hydrogens is 324 g/mol. The zero-order valence-corrected chi connectivity index (χ0v) is 13.7. The maximum absolute atomic E-state index is 12.2. The van der Waals surface area contributed by atoms with Gasteiger partial charge in [0.2, 0.25) is 0 Å². The molecule has 0 fully saturated rings. The quantitative estimate of drug-likeness (QED) is 0.882. The molecule has 2 rings (SSSR count). The van der Waals surface area contributed by atoms with Crippen LogP contribution in [0, 0.1) is 27.7 Å². The van der Waals surface area contributed by atoms with E-state index in [-0.39, 0.29) is 5.91 Å². The van der Waals surface area contributed by atoms with Crippen molar-refractivity contribution in [3.8, 4) is 0 Å². The van der Waals surface area contributed by atoms with Crippen LogP contribution in [0.1, 0.15) is 31.5 Å². The average Bonchev–Trinajstić information content (AvgIpc) is 2.65. The Morgan fingerprint density at radius 2 is 1.79 bits per heavy atom. The average molecular weight is 339 g/mol. The number of anilines is 1. The van der Waals surface area contributed by atoms with Gasteiger partial charge in [0.25, 0.3) is 5.91 Å². The third-order valence-electron chi connectivity index (χ3n) is 2.80. The summed E-state index contributed by atoms with van der Waals surface area (Å²) in [7, 11) is 0. The minimum atomic E-state index is -0.0933. The number of benzene rings is 1. The lowest BCUT2D eigenvalue weighted by Gasteiger charge is -2.09. The third kappa shape index (κ3) is 3.04. The lowest BCUT2D eigenvalue weighted by molar-refractivity contribution is 0.103. The molecule has 1 heterocycles. The minimum Gasteiger partial charge on any atom is -0.321 e. The van der Waals surface area contributed by atoms with Crippen LogP contribution in [0.5, 0.6) is 0 Å². The summed E-state index contributed by atoms with van der Waals surface area (Å²) in [6.45, 7) is 7.78. The largest absolute Gasteiger partial charge is 0.321 e. The van der Waals surface area contributed by atoms with Gasteiger partial charge < -0.3 is 5.32 Å². The molecule has 0 unspecified atom stereocenters. The van der Waals surface area contributed by atoms with Crippen molar-refractivity contribution < 1.29 is 4.79 Å². The predicted molar refractivity (Wildman–Crippen MR) is 83.2 cm³/mol. The molecule has 0 atom stereocenters. The van der Waals surface area contributed by atoms with Gasteiger partial charge in [0.1, 0.15) is 4.88 Å². The van der Waals surface area contributed by atoms with Crippen molar-refractivity contribution in [1.82, 2.24) is 4.98 Å². The number of thiazole rings is 1. The van der Waals surface area contributed by atoms with Crippen molar-refractivity contribution in [3.63, 3.8) is 0 Å². The predicted octanol–water partition coefficient (Wildman–Crippen LogP) is 4.39. The third-order valence-corrected chi connectivity index (χ3v) is 5.13. The van der Waals surface area contributed by atoms with E-state index in [4.69, 9.17) is 0 Å². The monoisotopic (exact) mass is 338 g/mol. The maximum Gasteiger partial charge on any atom is 0.267 e. The molecule has 0 aliphatic heterocycles. The number of aromatic nitrogens is 1. The molecule has 0 saturated carbocycles. The molecule has 1 amide bonds. The molecule has 1 N–H and O–H groups in total. The van der Waals surface area contributed by atoms with E-state index in [0.29, 0.717) is 4.88 Å². The highest BCUT2D eigenvalue weighted by Crippen LogP contribution is 2.26. The van der Waals surface area contributed by atoms with E-state index in [1.165, 1.54) is 11.3 Å². The second-order valence-corrected chi connectivity index (χ2v) is 6.52. The van der Waals surface area contributed by atoms with Crippen molar-refractivity contribution >= 4 is 38.9 Å². The van der Waals surface area contributed by atoms with Gasteiger partial charge in [-0.1, -0.05) is 15.9 Å². The summed E-state index contributed by atoms with van der Waals surface area (Å²) in [5, 5.41) is 3.84. The van der Waals surface area contributed by atoms with Gasteiger partial charge in [0, 0.05) is 10.2 Å². The highest BCUT2D eigenvalue weighted by Gasteiger charge is 2.14. The van der Waals surface area contributed by atoms with Crippen LogP contribution in [0.15, 0.2) is 16.6 Å². The summed E-state index contributed by atoms with van der Waals surface area (Å²) in [4.78, 5) is 17.2. The molecule has 2 aromatic rings. The van der Waals surface area contributed by atoms with Crippen LogP contribution in [-0.4, -0.2) is 10.9 Å². The molecule has 100 valence electrons. The van der Waals surface area contributed by atoms with Gasteiger partial charge in [-0.15, -0.1) is 11.3 Å². The molecule has 0 spiro atoms. The number of nitrogens with one attached hydrogen (secondary N) is 1. The Kier molecular flexibility index (Phi) is 4.06. The standard InChI is InChI=1S/C14H15BrN2OS/c1-7-5-11(6-8(2)12(7)15)17-14(18)13-9(3)16-10(4)19-13/h5-6H,1-4H3,(H,17,18). The summed E-state index contributed by atoms with van der Waals surface area (Å²) in [6.07, 6.45) is 0. The van der Waals surface area contributed by atoms with Crippen LogP contribution >= 0.6 is 27.3 Å². The van der Waals surface area contributed by atoms with Crippen LogP contribution in [0.4, 0.5) is 5.69 Å². The Balaban J connectivity index is 2.27. The van der Waals surface area contributed by atoms with Gasteiger partial charge in [-0.25, -0.2) is 4.98 Å². The second kappa shape index (κ2) is 5.43. The minimum absolute atomic E-state index is 0.0933. The van der Waals surface area contributed by atoms with Crippen LogP contribution in [0.3, 0.4) is 0 Å². The van der Waals surface area contributed by atoms with Gasteiger partial charge >= 0.3 is 0 Å². The molecule has 1 aromatic carbocycles. The number of hydrogen-bond donors (Lipinski definition) is 1. The topological polar surface area (TPSA) is 42.0 Å². The zero-order valence-electron chi connectivity index (χ0n) is 11.3. The number of amides is 1. The zero-order chi connectivity index (χ0) is 14.2. The molecule has 0 radical (unpaired) electrons. The number of halogens is 1. The van der Waals surface area contributed by atoms with Crippen molar-refractivity contribution in [2.24, 2.45) is 0 Å². The molecule has 5 heteroatoms. The maximum atomic E-state index is 12.2. The van der Waals surface area contributed by atoms with Crippen LogP contribution in [0.25, 0.3) is 0 Å². The van der Waals surface area contributed by atoms with Crippen molar-refractivity contribution in [3.05, 3.63) is 43.3 Å². The van der Waals surface area contributed by atoms with Gasteiger partial charge in [-0.2, -0.15) is 0 Å². The SMILES string of the molecule is Cc1nc(C)c(C(=O)Nc2cc(C)c(Br)c(C)c2)s1. The number of carbonyl (C=O) groups excluding carboxylic acids is 1. The van der Waals surface area contributed by atoms with Crippen molar-refractivity contribution in [1.29, 1.82) is 0 Å². The molecule has 1 aromatic heterocycles. The fraction of sp³-hybridized carbons (Fsp3) is 0.286. The van der Waals surface area contributed by atoms with Crippen molar-refractivity contribution in [2.45, 2.75) is 27.7 Å². The number of hydrogen-bond acceptors (Lipinski definition) is 3. The molecule has 0 bridgehead atoms. The smallest absolute Gasteiger partial charge is 0.267 e.